The first-order chi connectivity index (χ1) is 18.2. The van der Waals surface area contributed by atoms with Gasteiger partial charge in [0.15, 0.2) is 5.82 Å². The molecule has 4 aromatic rings. The number of nitrogens with zero attached hydrogens (tertiary/aromatic N) is 2. The maximum Gasteiger partial charge on any atom is 0.416 e. The number of carbonyl (C=O) groups is 1. The molecular formula is C28H21ClF3N3O3. The molecule has 1 aliphatic heterocycles. The fraction of sp³-hybridized carbons (Fsp3) is 0.179. The molecule has 0 aliphatic carbocycles. The molecule has 5 rings (SSSR count). The minimum Gasteiger partial charge on any atom is -0.493 e. The average Bonchev–Trinajstić information content (AvgIpc) is 2.90. The highest BCUT2D eigenvalue weighted by atomic mass is 35.5. The fourth-order valence-electron chi connectivity index (χ4n) is 4.01. The second-order valence-electron chi connectivity index (χ2n) is 8.82. The number of anilines is 1. The van der Waals surface area contributed by atoms with Crippen molar-refractivity contribution in [2.24, 2.45) is 0 Å². The van der Waals surface area contributed by atoms with Crippen molar-refractivity contribution in [2.45, 2.75) is 25.4 Å². The smallest absolute Gasteiger partial charge is 0.416 e. The number of ether oxygens (including phenoxy) is 2. The molecule has 0 bridgehead atoms. The number of nitrogens with one attached hydrogen (secondary N) is 1. The zero-order valence-electron chi connectivity index (χ0n) is 20.1. The summed E-state index contributed by atoms with van der Waals surface area (Å²) in [6.45, 7) is 2.77. The van der Waals surface area contributed by atoms with E-state index < -0.39 is 17.6 Å². The highest BCUT2D eigenvalue weighted by molar-refractivity contribution is 6.32. The van der Waals surface area contributed by atoms with Gasteiger partial charge in [0.1, 0.15) is 17.2 Å². The van der Waals surface area contributed by atoms with Crippen LogP contribution in [-0.2, 0) is 6.18 Å². The summed E-state index contributed by atoms with van der Waals surface area (Å²) in [6.07, 6.45) is -3.48. The third kappa shape index (κ3) is 5.57. The number of hydrogen-bond acceptors (Lipinski definition) is 5. The Labute approximate surface area is 221 Å². The Morgan fingerprint density at radius 2 is 1.76 bits per heavy atom. The van der Waals surface area contributed by atoms with Crippen LogP contribution in [0.5, 0.6) is 17.2 Å². The number of alkyl halides is 3. The summed E-state index contributed by atoms with van der Waals surface area (Å²) < 4.78 is 49.9. The zero-order valence-corrected chi connectivity index (χ0v) is 20.8. The minimum absolute atomic E-state index is 0.195. The molecule has 0 spiro atoms. The molecule has 194 valence electrons. The molecule has 0 saturated carbocycles. The van der Waals surface area contributed by atoms with Gasteiger partial charge in [-0.05, 0) is 72.5 Å². The van der Waals surface area contributed by atoms with Crippen molar-refractivity contribution in [3.63, 3.8) is 0 Å². The lowest BCUT2D eigenvalue weighted by atomic mass is 9.95. The van der Waals surface area contributed by atoms with Crippen LogP contribution in [0.2, 0.25) is 5.02 Å². The van der Waals surface area contributed by atoms with Crippen LogP contribution in [0.1, 0.15) is 40.7 Å². The maximum absolute atomic E-state index is 12.8. The summed E-state index contributed by atoms with van der Waals surface area (Å²) in [5.74, 6) is 1.84. The highest BCUT2D eigenvalue weighted by Crippen LogP contribution is 2.41. The lowest BCUT2D eigenvalue weighted by molar-refractivity contribution is -0.137. The molecule has 1 unspecified atom stereocenters. The summed E-state index contributed by atoms with van der Waals surface area (Å²) in [7, 11) is 0. The van der Waals surface area contributed by atoms with E-state index in [2.05, 4.69) is 22.4 Å². The second kappa shape index (κ2) is 10.3. The molecule has 0 fully saturated rings. The van der Waals surface area contributed by atoms with Crippen LogP contribution in [0.25, 0.3) is 11.3 Å². The SMILES string of the molecule is CC1CCOc2cc(Oc3ccc(C(=O)Nc4ccc(-c5ccc(C(F)(F)F)cc5)nn4)cc3)c(Cl)cc21. The van der Waals surface area contributed by atoms with E-state index in [-0.39, 0.29) is 5.82 Å². The van der Waals surface area contributed by atoms with Gasteiger partial charge in [0.25, 0.3) is 5.91 Å². The van der Waals surface area contributed by atoms with E-state index in [0.29, 0.717) is 45.9 Å². The Bertz CT molecular complexity index is 1460. The van der Waals surface area contributed by atoms with Gasteiger partial charge in [0.2, 0.25) is 0 Å². The molecule has 0 saturated heterocycles. The number of rotatable bonds is 5. The van der Waals surface area contributed by atoms with Crippen molar-refractivity contribution in [1.82, 2.24) is 10.2 Å². The van der Waals surface area contributed by atoms with Crippen LogP contribution in [0.15, 0.2) is 72.8 Å². The fourth-order valence-corrected chi connectivity index (χ4v) is 4.22. The molecule has 3 aromatic carbocycles. The van der Waals surface area contributed by atoms with E-state index in [1.54, 1.807) is 36.4 Å². The summed E-state index contributed by atoms with van der Waals surface area (Å²) >= 11 is 6.42. The summed E-state index contributed by atoms with van der Waals surface area (Å²) in [6, 6.07) is 17.8. The van der Waals surface area contributed by atoms with Crippen LogP contribution in [-0.4, -0.2) is 22.7 Å². The van der Waals surface area contributed by atoms with Gasteiger partial charge in [-0.15, -0.1) is 10.2 Å². The van der Waals surface area contributed by atoms with Crippen LogP contribution >= 0.6 is 11.6 Å². The van der Waals surface area contributed by atoms with Crippen molar-refractivity contribution >= 4 is 23.3 Å². The van der Waals surface area contributed by atoms with E-state index >= 15 is 0 Å². The van der Waals surface area contributed by atoms with Gasteiger partial charge in [-0.3, -0.25) is 4.79 Å². The Morgan fingerprint density at radius 1 is 1.03 bits per heavy atom. The van der Waals surface area contributed by atoms with Crippen LogP contribution in [0.4, 0.5) is 19.0 Å². The number of halogens is 4. The molecular weight excluding hydrogens is 519 g/mol. The lowest BCUT2D eigenvalue weighted by Crippen LogP contribution is -2.13. The van der Waals surface area contributed by atoms with E-state index in [4.69, 9.17) is 21.1 Å². The average molecular weight is 540 g/mol. The normalized spacial score (nSPS) is 14.8. The monoisotopic (exact) mass is 539 g/mol. The number of hydrogen-bond donors (Lipinski definition) is 1. The molecule has 1 amide bonds. The molecule has 6 nitrogen and oxygen atoms in total. The molecule has 10 heteroatoms. The van der Waals surface area contributed by atoms with Crippen LogP contribution in [0, 0.1) is 0 Å². The minimum atomic E-state index is -4.41. The largest absolute Gasteiger partial charge is 0.493 e. The zero-order chi connectivity index (χ0) is 26.9. The van der Waals surface area contributed by atoms with Crippen molar-refractivity contribution in [1.29, 1.82) is 0 Å². The number of carbonyl (C=O) groups excluding carboxylic acids is 1. The van der Waals surface area contributed by atoms with E-state index in [9.17, 15) is 18.0 Å². The number of benzene rings is 3. The Morgan fingerprint density at radius 3 is 2.42 bits per heavy atom. The Balaban J connectivity index is 1.22. The molecule has 0 radical (unpaired) electrons. The topological polar surface area (TPSA) is 73.3 Å². The summed E-state index contributed by atoms with van der Waals surface area (Å²) in [4.78, 5) is 12.7. The number of aromatic nitrogens is 2. The number of fused-ring (bicyclic) bond motifs is 1. The molecule has 1 atom stereocenters. The van der Waals surface area contributed by atoms with Crippen molar-refractivity contribution in [3.8, 4) is 28.5 Å². The summed E-state index contributed by atoms with van der Waals surface area (Å²) in [5, 5.41) is 11.1. The van der Waals surface area contributed by atoms with Gasteiger partial charge in [-0.2, -0.15) is 13.2 Å². The standard InChI is InChI=1S/C28H21ClF3N3O3/c1-16-12-13-37-24-15-25(22(29)14-21(16)24)38-20-8-4-18(5-9-20)27(36)33-26-11-10-23(34-35-26)17-2-6-19(7-3-17)28(30,31)32/h2-11,14-16H,12-13H2,1H3,(H,33,35,36). The van der Waals surface area contributed by atoms with Gasteiger partial charge >= 0.3 is 6.18 Å². The van der Waals surface area contributed by atoms with Gasteiger partial charge < -0.3 is 14.8 Å². The molecule has 38 heavy (non-hydrogen) atoms. The Kier molecular flexibility index (Phi) is 6.94. The van der Waals surface area contributed by atoms with E-state index in [1.165, 1.54) is 18.2 Å². The predicted molar refractivity (Wildman–Crippen MR) is 137 cm³/mol. The quantitative estimate of drug-likeness (QED) is 0.281. The number of amides is 1. The Hall–Kier alpha value is -4.11. The third-order valence-corrected chi connectivity index (χ3v) is 6.46. The molecule has 1 aliphatic rings. The van der Waals surface area contributed by atoms with Crippen LogP contribution in [0.3, 0.4) is 0 Å². The highest BCUT2D eigenvalue weighted by Gasteiger charge is 2.30. The van der Waals surface area contributed by atoms with Crippen molar-refractivity contribution in [2.75, 3.05) is 11.9 Å². The van der Waals surface area contributed by atoms with Crippen molar-refractivity contribution < 1.29 is 27.4 Å². The molecule has 2 heterocycles. The predicted octanol–water partition coefficient (Wildman–Crippen LogP) is 7.75. The molecule has 1 N–H and O–H groups in total. The van der Waals surface area contributed by atoms with E-state index in [1.807, 2.05) is 6.07 Å². The van der Waals surface area contributed by atoms with Gasteiger partial charge in [-0.25, -0.2) is 0 Å². The van der Waals surface area contributed by atoms with Gasteiger partial charge in [0.05, 0.1) is 22.9 Å². The van der Waals surface area contributed by atoms with Crippen molar-refractivity contribution in [3.05, 3.63) is 94.5 Å². The van der Waals surface area contributed by atoms with Gasteiger partial charge in [-0.1, -0.05) is 30.7 Å². The van der Waals surface area contributed by atoms with E-state index in [0.717, 1.165) is 29.9 Å². The first kappa shape index (κ1) is 25.5. The first-order valence-electron chi connectivity index (χ1n) is 11.7. The van der Waals surface area contributed by atoms with Crippen LogP contribution < -0.4 is 14.8 Å². The third-order valence-electron chi connectivity index (χ3n) is 6.16. The van der Waals surface area contributed by atoms with Gasteiger partial charge in [0, 0.05) is 17.2 Å². The lowest BCUT2D eigenvalue weighted by Gasteiger charge is -2.24. The first-order valence-corrected chi connectivity index (χ1v) is 12.1. The summed E-state index contributed by atoms with van der Waals surface area (Å²) in [5.41, 5.74) is 1.51. The maximum atomic E-state index is 12.8. The molecule has 1 aromatic heterocycles. The second-order valence-corrected chi connectivity index (χ2v) is 9.23.